The van der Waals surface area contributed by atoms with Gasteiger partial charge >= 0.3 is 0 Å². The number of sulfone groups is 1. The minimum Gasteiger partial charge on any atom is -0.388 e. The van der Waals surface area contributed by atoms with Crippen molar-refractivity contribution >= 4 is 21.4 Å². The zero-order chi connectivity index (χ0) is 15.6. The third-order valence-electron chi connectivity index (χ3n) is 3.15. The van der Waals surface area contributed by atoms with Crippen LogP contribution in [0.15, 0.2) is 47.4 Å². The average molecular weight is 329 g/mol. The molecule has 0 aliphatic heterocycles. The highest BCUT2D eigenvalue weighted by Gasteiger charge is 2.15. The number of benzene rings is 2. The molecule has 1 N–H and O–H groups in total. The van der Waals surface area contributed by atoms with E-state index in [9.17, 15) is 17.9 Å². The molecule has 6 heteroatoms. The monoisotopic (exact) mass is 328 g/mol. The van der Waals surface area contributed by atoms with Crippen LogP contribution in [0.5, 0.6) is 0 Å². The van der Waals surface area contributed by atoms with Crippen molar-refractivity contribution in [1.29, 1.82) is 0 Å². The zero-order valence-electron chi connectivity index (χ0n) is 11.3. The molecule has 0 aliphatic carbocycles. The molecule has 0 radical (unpaired) electrons. The van der Waals surface area contributed by atoms with E-state index in [0.717, 1.165) is 6.26 Å². The van der Waals surface area contributed by atoms with Crippen LogP contribution in [0.4, 0.5) is 4.39 Å². The molecule has 0 aromatic heterocycles. The summed E-state index contributed by atoms with van der Waals surface area (Å²) in [5, 5.41) is 10.4. The molecule has 112 valence electrons. The van der Waals surface area contributed by atoms with Gasteiger partial charge in [0, 0.05) is 23.3 Å². The molecule has 3 nitrogen and oxygen atoms in total. The van der Waals surface area contributed by atoms with Gasteiger partial charge in [0.15, 0.2) is 9.84 Å². The van der Waals surface area contributed by atoms with Gasteiger partial charge in [-0.1, -0.05) is 29.8 Å². The molecule has 0 saturated carbocycles. The lowest BCUT2D eigenvalue weighted by molar-refractivity contribution is 0.177. The number of aliphatic hydroxyl groups is 1. The van der Waals surface area contributed by atoms with Gasteiger partial charge in [0.2, 0.25) is 0 Å². The fourth-order valence-electron chi connectivity index (χ4n) is 1.98. The van der Waals surface area contributed by atoms with Gasteiger partial charge in [0.1, 0.15) is 5.82 Å². The second kappa shape index (κ2) is 6.13. The predicted molar refractivity (Wildman–Crippen MR) is 79.6 cm³/mol. The summed E-state index contributed by atoms with van der Waals surface area (Å²) >= 11 is 5.92. The van der Waals surface area contributed by atoms with E-state index in [1.807, 2.05) is 0 Å². The van der Waals surface area contributed by atoms with Gasteiger partial charge < -0.3 is 5.11 Å². The molecule has 0 heterocycles. The van der Waals surface area contributed by atoms with Crippen LogP contribution in [0.25, 0.3) is 0 Å². The second-order valence-corrected chi connectivity index (χ2v) is 7.18. The number of aliphatic hydroxyl groups excluding tert-OH is 1. The minimum absolute atomic E-state index is 0.0176. The van der Waals surface area contributed by atoms with Crippen molar-refractivity contribution in [3.05, 3.63) is 64.4 Å². The Morgan fingerprint density at radius 2 is 1.81 bits per heavy atom. The maximum absolute atomic E-state index is 13.7. The fraction of sp³-hybridized carbons (Fsp3) is 0.200. The SMILES string of the molecule is CS(=O)(=O)c1ccc(C(O)Cc2c(F)cccc2Cl)cc1. The Hall–Kier alpha value is -1.43. The molecule has 0 spiro atoms. The summed E-state index contributed by atoms with van der Waals surface area (Å²) in [5.74, 6) is -0.477. The Kier molecular flexibility index (Phi) is 4.66. The molecule has 21 heavy (non-hydrogen) atoms. The number of rotatable bonds is 4. The van der Waals surface area contributed by atoms with Crippen molar-refractivity contribution in [2.24, 2.45) is 0 Å². The Bertz CT molecular complexity index is 722. The van der Waals surface area contributed by atoms with Gasteiger partial charge in [-0.25, -0.2) is 12.8 Å². The van der Waals surface area contributed by atoms with E-state index in [1.165, 1.54) is 36.4 Å². The average Bonchev–Trinajstić information content (AvgIpc) is 2.42. The first-order valence-corrected chi connectivity index (χ1v) is 8.47. The predicted octanol–water partition coefficient (Wildman–Crippen LogP) is 3.16. The van der Waals surface area contributed by atoms with Crippen LogP contribution in [-0.4, -0.2) is 19.8 Å². The largest absolute Gasteiger partial charge is 0.388 e. The molecule has 0 fully saturated rings. The van der Waals surface area contributed by atoms with Crippen LogP contribution < -0.4 is 0 Å². The van der Waals surface area contributed by atoms with Crippen molar-refractivity contribution in [2.75, 3.05) is 6.26 Å². The number of hydrogen-bond acceptors (Lipinski definition) is 3. The Labute approximate surface area is 127 Å². The van der Waals surface area contributed by atoms with E-state index in [0.29, 0.717) is 5.56 Å². The van der Waals surface area contributed by atoms with Crippen LogP contribution in [0.2, 0.25) is 5.02 Å². The van der Waals surface area contributed by atoms with Gasteiger partial charge in [0.05, 0.1) is 11.0 Å². The van der Waals surface area contributed by atoms with Crippen molar-refractivity contribution in [2.45, 2.75) is 17.4 Å². The van der Waals surface area contributed by atoms with Crippen LogP contribution >= 0.6 is 11.6 Å². The van der Waals surface area contributed by atoms with Crippen molar-refractivity contribution in [1.82, 2.24) is 0 Å². The molecule has 2 aromatic carbocycles. The molecule has 0 amide bonds. The fourth-order valence-corrected chi connectivity index (χ4v) is 2.85. The molecule has 1 unspecified atom stereocenters. The maximum atomic E-state index is 13.7. The summed E-state index contributed by atoms with van der Waals surface area (Å²) < 4.78 is 36.4. The highest BCUT2D eigenvalue weighted by atomic mass is 35.5. The van der Waals surface area contributed by atoms with Gasteiger partial charge in [-0.2, -0.15) is 0 Å². The summed E-state index contributed by atoms with van der Waals surface area (Å²) in [7, 11) is -3.28. The molecular weight excluding hydrogens is 315 g/mol. The summed E-state index contributed by atoms with van der Waals surface area (Å²) in [6, 6.07) is 10.2. The van der Waals surface area contributed by atoms with Crippen LogP contribution in [0.3, 0.4) is 0 Å². The smallest absolute Gasteiger partial charge is 0.175 e. The first-order valence-electron chi connectivity index (χ1n) is 6.20. The third-order valence-corrected chi connectivity index (χ3v) is 4.63. The zero-order valence-corrected chi connectivity index (χ0v) is 12.8. The molecule has 0 aliphatic rings. The van der Waals surface area contributed by atoms with Gasteiger partial charge in [-0.05, 0) is 29.8 Å². The normalized spacial score (nSPS) is 13.1. The van der Waals surface area contributed by atoms with E-state index in [2.05, 4.69) is 0 Å². The van der Waals surface area contributed by atoms with E-state index >= 15 is 0 Å². The first-order chi connectivity index (χ1) is 9.79. The Morgan fingerprint density at radius 1 is 1.19 bits per heavy atom. The van der Waals surface area contributed by atoms with E-state index in [-0.39, 0.29) is 21.9 Å². The van der Waals surface area contributed by atoms with Crippen molar-refractivity contribution < 1.29 is 17.9 Å². The maximum Gasteiger partial charge on any atom is 0.175 e. The van der Waals surface area contributed by atoms with Crippen molar-refractivity contribution in [3.63, 3.8) is 0 Å². The molecule has 1 atom stereocenters. The molecule has 2 rings (SSSR count). The lowest BCUT2D eigenvalue weighted by Crippen LogP contribution is -2.05. The van der Waals surface area contributed by atoms with E-state index in [1.54, 1.807) is 6.07 Å². The Balaban J connectivity index is 2.23. The lowest BCUT2D eigenvalue weighted by atomic mass is 10.0. The van der Waals surface area contributed by atoms with Crippen LogP contribution in [-0.2, 0) is 16.3 Å². The first kappa shape index (κ1) is 15.9. The number of hydrogen-bond donors (Lipinski definition) is 1. The van der Waals surface area contributed by atoms with Gasteiger partial charge in [0.25, 0.3) is 0 Å². The van der Waals surface area contributed by atoms with E-state index in [4.69, 9.17) is 11.6 Å². The van der Waals surface area contributed by atoms with Gasteiger partial charge in [-0.3, -0.25) is 0 Å². The summed E-state index contributed by atoms with van der Waals surface area (Å²) in [4.78, 5) is 0.169. The topological polar surface area (TPSA) is 54.4 Å². The summed E-state index contributed by atoms with van der Waals surface area (Å²) in [5.41, 5.74) is 0.737. The molecule has 2 aromatic rings. The quantitative estimate of drug-likeness (QED) is 0.938. The third kappa shape index (κ3) is 3.81. The van der Waals surface area contributed by atoms with Crippen LogP contribution in [0, 0.1) is 5.82 Å². The van der Waals surface area contributed by atoms with E-state index < -0.39 is 21.8 Å². The summed E-state index contributed by atoms with van der Waals surface area (Å²) in [6.07, 6.45) is 0.161. The Morgan fingerprint density at radius 3 is 2.33 bits per heavy atom. The minimum atomic E-state index is -3.28. The lowest BCUT2D eigenvalue weighted by Gasteiger charge is -2.13. The summed E-state index contributed by atoms with van der Waals surface area (Å²) in [6.45, 7) is 0. The molecular formula is C15H14ClFO3S. The molecule has 0 bridgehead atoms. The van der Waals surface area contributed by atoms with Crippen molar-refractivity contribution in [3.8, 4) is 0 Å². The second-order valence-electron chi connectivity index (χ2n) is 4.76. The standard InChI is InChI=1S/C15H14ClFO3S/c1-21(19,20)11-7-5-10(6-8-11)15(18)9-12-13(16)3-2-4-14(12)17/h2-8,15,18H,9H2,1H3. The van der Waals surface area contributed by atoms with Crippen LogP contribution in [0.1, 0.15) is 17.2 Å². The number of halogens is 2. The highest BCUT2D eigenvalue weighted by Crippen LogP contribution is 2.26. The highest BCUT2D eigenvalue weighted by molar-refractivity contribution is 7.90. The van der Waals surface area contributed by atoms with Gasteiger partial charge in [-0.15, -0.1) is 0 Å². The molecule has 0 saturated heterocycles.